The smallest absolute Gasteiger partial charge is 0.119 e. The maximum Gasteiger partial charge on any atom is 0.119 e. The molecule has 810 valence electrons. The Balaban J connectivity index is 0.000000150. The third kappa shape index (κ3) is 43.7. The lowest BCUT2D eigenvalue weighted by molar-refractivity contribution is 0.101. The highest BCUT2D eigenvalue weighted by Gasteiger charge is 2.34. The van der Waals surface area contributed by atoms with Gasteiger partial charge < -0.3 is 60.3 Å². The van der Waals surface area contributed by atoms with E-state index in [9.17, 15) is 0 Å². The lowest BCUT2D eigenvalue weighted by Crippen LogP contribution is -2.35. The number of pyridine rings is 2. The topological polar surface area (TPSA) is 153 Å². The number of rotatable bonds is 41. The minimum atomic E-state index is 0.355. The second-order valence-electron chi connectivity index (χ2n) is 46.3. The van der Waals surface area contributed by atoms with E-state index in [1.807, 2.05) is 42.9 Å². The Bertz CT molecular complexity index is 5200. The summed E-state index contributed by atoms with van der Waals surface area (Å²) in [6.45, 7) is 40.6. The van der Waals surface area contributed by atoms with Crippen LogP contribution in [-0.2, 0) is 26.2 Å². The molecule has 2 heterocycles. The molecule has 18 rings (SSSR count). The standard InChI is InChI=1S/C24H33NO.C23H37NO.2C23H31NO.C22H30N2O.C21H28N2O/c1-18-10-12-21(13-11-18)17-25-16-20(3)22-7-5-9-24(15-22)26-23-8-4-6-19(2)14-23;3*1-18-8-6-12-22(14-18)25-23-13-7-11-21(15-23)19(2)16-24-17-20-9-4-3-5-10-20;1-17-7-5-10-21(13-17)25-22-11-6-8-19(14-22)18(2)15-23-16-20-9-3-4-12-24-20;1-16-5-3-7-20(13-16)24-21-8-4-6-18(14-21)17(2)15-23-19-9-11-22-12-10-19/h4,6,8,10-14,20,22,24-25H,5,7,9,15-17H2,1-3H3;6,8,12,14,19-21,23-24H,3-5,7,9-11,13,15-17H2,1-2H3;2*3-6,8-10,12,14,19,21,23-24H,7,11,13,15-17H2,1-2H3;3-5,7,9-10,12-13,18-19,22-23H,6,8,11,14-16H2,1-2H3;3,5,7,9-13,17-18,21H,4,6,8,14-15H2,1-2H3,(H,22,23)/t20?,22-,24+;3*19?,21-,23+;18?,19-,22+;17?,18-,21+/m000000/s1. The first kappa shape index (κ1) is 117. The molecule has 2 aromatic heterocycles. The summed E-state index contributed by atoms with van der Waals surface area (Å²) in [5, 5.41) is 21.8. The number of anilines is 1. The number of nitrogens with one attached hydrogen (secondary N) is 6. The first-order valence-corrected chi connectivity index (χ1v) is 58.7. The van der Waals surface area contributed by atoms with Gasteiger partial charge in [-0.15, -0.1) is 0 Å². The quantitative estimate of drug-likeness (QED) is 0.0215. The Hall–Kier alpha value is -10.3. The Morgan fingerprint density at radius 1 is 0.240 bits per heavy atom. The summed E-state index contributed by atoms with van der Waals surface area (Å²) in [6, 6.07) is 90.9. The third-order valence-electron chi connectivity index (χ3n) is 33.2. The molecule has 7 aliphatic carbocycles. The number of hydrogen-bond donors (Lipinski definition) is 6. The fourth-order valence-electron chi connectivity index (χ4n) is 23.9. The zero-order valence-corrected chi connectivity index (χ0v) is 94.2. The van der Waals surface area contributed by atoms with Gasteiger partial charge in [-0.3, -0.25) is 9.97 Å². The first-order valence-electron chi connectivity index (χ1n) is 58.7. The normalized spacial score (nSPS) is 22.4. The number of ether oxygens (including phenoxy) is 6. The van der Waals surface area contributed by atoms with Crippen LogP contribution in [0.15, 0.2) is 279 Å². The van der Waals surface area contributed by atoms with Crippen molar-refractivity contribution < 1.29 is 28.4 Å². The van der Waals surface area contributed by atoms with E-state index >= 15 is 0 Å². The Morgan fingerprint density at radius 2 is 0.520 bits per heavy atom. The number of hydrogen-bond acceptors (Lipinski definition) is 14. The van der Waals surface area contributed by atoms with Gasteiger partial charge in [-0.25, -0.2) is 0 Å². The highest BCUT2D eigenvalue weighted by Crippen LogP contribution is 2.41. The molecule has 0 saturated heterocycles. The van der Waals surface area contributed by atoms with Crippen LogP contribution in [-0.4, -0.2) is 92.4 Å². The van der Waals surface area contributed by atoms with Gasteiger partial charge in [-0.05, 0) is 479 Å². The van der Waals surface area contributed by atoms with E-state index in [1.165, 1.54) is 249 Å². The van der Waals surface area contributed by atoms with Crippen molar-refractivity contribution in [2.75, 3.05) is 51.1 Å². The largest absolute Gasteiger partial charge is 0.490 e. The molecule has 0 aliphatic heterocycles. The van der Waals surface area contributed by atoms with E-state index in [1.54, 1.807) is 0 Å². The zero-order chi connectivity index (χ0) is 105. The van der Waals surface area contributed by atoms with Crippen LogP contribution in [0.1, 0.15) is 289 Å². The maximum absolute atomic E-state index is 6.30. The van der Waals surface area contributed by atoms with Crippen molar-refractivity contribution >= 4 is 5.69 Å². The van der Waals surface area contributed by atoms with E-state index in [4.69, 9.17) is 28.4 Å². The average molecular weight is 2030 g/mol. The van der Waals surface area contributed by atoms with Gasteiger partial charge in [0, 0.05) is 57.0 Å². The van der Waals surface area contributed by atoms with Crippen molar-refractivity contribution in [3.8, 4) is 34.5 Å². The molecular weight excluding hydrogens is 1840 g/mol. The number of aromatic nitrogens is 2. The van der Waals surface area contributed by atoms with Crippen LogP contribution < -0.4 is 60.3 Å². The maximum atomic E-state index is 6.30. The summed E-state index contributed by atoms with van der Waals surface area (Å²) in [5.41, 5.74) is 15.3. The van der Waals surface area contributed by atoms with E-state index in [2.05, 4.69) is 368 Å². The molecule has 0 amide bonds. The fourth-order valence-corrected chi connectivity index (χ4v) is 23.9. The molecule has 6 unspecified atom stereocenters. The van der Waals surface area contributed by atoms with E-state index < -0.39 is 0 Å². The average Bonchev–Trinajstić information content (AvgIpc) is 0.874. The van der Waals surface area contributed by atoms with Gasteiger partial charge in [0.05, 0.1) is 42.3 Å². The first-order chi connectivity index (χ1) is 73.1. The van der Waals surface area contributed by atoms with E-state index in [0.29, 0.717) is 66.2 Å². The molecule has 14 heteroatoms. The second-order valence-corrected chi connectivity index (χ2v) is 46.3. The molecule has 18 atom stereocenters. The minimum Gasteiger partial charge on any atom is -0.490 e. The Labute approximate surface area is 907 Å². The fraction of sp³-hybridized carbons (Fsp3) is 0.529. The monoisotopic (exact) mass is 2030 g/mol. The van der Waals surface area contributed by atoms with Gasteiger partial charge in [0.1, 0.15) is 34.5 Å². The van der Waals surface area contributed by atoms with Gasteiger partial charge in [-0.2, -0.15) is 0 Å². The summed E-state index contributed by atoms with van der Waals surface area (Å²) in [5.74, 6) is 15.8. The summed E-state index contributed by atoms with van der Waals surface area (Å²) < 4.78 is 37.6. The molecule has 9 aromatic carbocycles. The molecule has 150 heavy (non-hydrogen) atoms. The van der Waals surface area contributed by atoms with Gasteiger partial charge >= 0.3 is 0 Å². The second kappa shape index (κ2) is 65.3. The molecule has 7 saturated carbocycles. The van der Waals surface area contributed by atoms with Crippen LogP contribution in [0.4, 0.5) is 5.69 Å². The molecule has 7 aliphatic rings. The summed E-state index contributed by atoms with van der Waals surface area (Å²) in [4.78, 5) is 8.43. The van der Waals surface area contributed by atoms with Crippen molar-refractivity contribution in [1.29, 1.82) is 0 Å². The predicted molar refractivity (Wildman–Crippen MR) is 628 cm³/mol. The van der Waals surface area contributed by atoms with Gasteiger partial charge in [0.25, 0.3) is 0 Å². The van der Waals surface area contributed by atoms with Crippen molar-refractivity contribution in [3.63, 3.8) is 0 Å². The summed E-state index contributed by atoms with van der Waals surface area (Å²) in [7, 11) is 0. The summed E-state index contributed by atoms with van der Waals surface area (Å²) in [6.07, 6.45) is 44.9. The minimum absolute atomic E-state index is 0.355. The van der Waals surface area contributed by atoms with Gasteiger partial charge in [0.15, 0.2) is 0 Å². The predicted octanol–water partition coefficient (Wildman–Crippen LogP) is 32.0. The Morgan fingerprint density at radius 3 is 0.813 bits per heavy atom. The molecule has 14 nitrogen and oxygen atoms in total. The molecule has 11 aromatic rings. The van der Waals surface area contributed by atoms with Crippen molar-refractivity contribution in [2.45, 2.75) is 339 Å². The Kier molecular flexibility index (Phi) is 50.8. The zero-order valence-electron chi connectivity index (χ0n) is 94.2. The summed E-state index contributed by atoms with van der Waals surface area (Å²) >= 11 is 0. The number of nitrogens with zero attached hydrogens (tertiary/aromatic N) is 2. The van der Waals surface area contributed by atoms with Crippen LogP contribution in [0.5, 0.6) is 34.5 Å². The SMILES string of the molecule is Cc1ccc(CNCC(C)[C@H]2CCC[C@@H](Oc3cccc(C)c3)C2)cc1.Cc1cccc(O[C@@H]2CCC[C@H](C(C)CNCC3CCCCC3)C2)c1.Cc1cccc(O[C@@H]2CCC[C@H](C(C)CNCc3ccccc3)C2)c1.Cc1cccc(O[C@@H]2CCC[C@H](C(C)CNCc3ccccc3)C2)c1.Cc1cccc(O[C@@H]2CCC[C@H](C(C)CNCc3ccccn3)C2)c1.Cc1cccc(O[C@@H]2CCC[C@H](C(C)CNc3ccncc3)C2)c1. The van der Waals surface area contributed by atoms with Crippen LogP contribution in [0.3, 0.4) is 0 Å². The molecule has 6 N–H and O–H groups in total. The van der Waals surface area contributed by atoms with E-state index in [-0.39, 0.29) is 0 Å². The van der Waals surface area contributed by atoms with Gasteiger partial charge in [-0.1, -0.05) is 230 Å². The van der Waals surface area contributed by atoms with Crippen molar-refractivity contribution in [3.05, 3.63) is 341 Å². The van der Waals surface area contributed by atoms with Crippen LogP contribution in [0, 0.1) is 125 Å². The highest BCUT2D eigenvalue weighted by atomic mass is 16.5. The van der Waals surface area contributed by atoms with Crippen molar-refractivity contribution in [1.82, 2.24) is 36.6 Å². The van der Waals surface area contributed by atoms with Crippen LogP contribution in [0.2, 0.25) is 0 Å². The molecule has 0 radical (unpaired) electrons. The van der Waals surface area contributed by atoms with Crippen molar-refractivity contribution in [2.24, 2.45) is 76.9 Å². The van der Waals surface area contributed by atoms with Crippen LogP contribution >= 0.6 is 0 Å². The number of benzene rings is 9. The third-order valence-corrected chi connectivity index (χ3v) is 33.2. The van der Waals surface area contributed by atoms with Gasteiger partial charge in [0.2, 0.25) is 0 Å². The lowest BCUT2D eigenvalue weighted by Gasteiger charge is -2.33. The molecule has 0 spiro atoms. The van der Waals surface area contributed by atoms with Crippen LogP contribution in [0.25, 0.3) is 0 Å². The highest BCUT2D eigenvalue weighted by molar-refractivity contribution is 5.41. The molecular formula is C136H190N8O6. The lowest BCUT2D eigenvalue weighted by atomic mass is 9.79. The number of aryl methyl sites for hydroxylation is 7. The molecule has 0 bridgehead atoms. The molecule has 7 fully saturated rings. The van der Waals surface area contributed by atoms with E-state index in [0.717, 1.165) is 159 Å².